The number of nitrogens with one attached hydrogen (secondary N) is 1. The lowest BCUT2D eigenvalue weighted by Crippen LogP contribution is -2.15. The number of rotatable bonds is 7. The van der Waals surface area contributed by atoms with Crippen LogP contribution in [0.25, 0.3) is 11.5 Å². The van der Waals surface area contributed by atoms with Crippen LogP contribution in [0, 0.1) is 6.92 Å². The van der Waals surface area contributed by atoms with Crippen LogP contribution in [0.5, 0.6) is 17.2 Å². The zero-order valence-electron chi connectivity index (χ0n) is 16.2. The van der Waals surface area contributed by atoms with Crippen LogP contribution >= 0.6 is 0 Å². The van der Waals surface area contributed by atoms with Gasteiger partial charge in [0, 0.05) is 17.3 Å². The number of aromatic nitrogens is 1. The smallest absolute Gasteiger partial charge is 0.230 e. The first-order valence-corrected chi connectivity index (χ1v) is 8.66. The fourth-order valence-corrected chi connectivity index (χ4v) is 2.74. The van der Waals surface area contributed by atoms with E-state index in [1.807, 2.05) is 24.3 Å². The fraction of sp³-hybridized carbons (Fsp3) is 0.238. The highest BCUT2D eigenvalue weighted by atomic mass is 16.5. The Bertz CT molecular complexity index is 981. The van der Waals surface area contributed by atoms with Gasteiger partial charge < -0.3 is 23.9 Å². The van der Waals surface area contributed by atoms with E-state index in [4.69, 9.17) is 18.6 Å². The second kappa shape index (κ2) is 8.47. The van der Waals surface area contributed by atoms with Crippen LogP contribution in [0.15, 0.2) is 46.9 Å². The SMILES string of the molecule is COc1cccc(-c2nc(CC(=O)Nc3ccc(OC)c(OC)c3)c(C)o2)c1. The number of amides is 1. The third-order valence-electron chi connectivity index (χ3n) is 4.20. The Kier molecular flexibility index (Phi) is 5.84. The summed E-state index contributed by atoms with van der Waals surface area (Å²) in [6.45, 7) is 1.79. The highest BCUT2D eigenvalue weighted by molar-refractivity contribution is 5.92. The molecule has 1 heterocycles. The number of nitrogens with zero attached hydrogens (tertiary/aromatic N) is 1. The number of aryl methyl sites for hydroxylation is 1. The maximum Gasteiger partial charge on any atom is 0.230 e. The van der Waals surface area contributed by atoms with Gasteiger partial charge in [0.25, 0.3) is 0 Å². The summed E-state index contributed by atoms with van der Waals surface area (Å²) >= 11 is 0. The van der Waals surface area contributed by atoms with E-state index in [1.165, 1.54) is 0 Å². The maximum atomic E-state index is 12.4. The lowest BCUT2D eigenvalue weighted by atomic mass is 10.2. The number of oxazole rings is 1. The first-order valence-electron chi connectivity index (χ1n) is 8.66. The summed E-state index contributed by atoms with van der Waals surface area (Å²) < 4.78 is 21.4. The zero-order valence-corrected chi connectivity index (χ0v) is 16.2. The van der Waals surface area contributed by atoms with Gasteiger partial charge in [-0.3, -0.25) is 4.79 Å². The maximum absolute atomic E-state index is 12.4. The number of methoxy groups -OCH3 is 3. The molecule has 1 N–H and O–H groups in total. The Morgan fingerprint density at radius 2 is 1.82 bits per heavy atom. The molecule has 3 rings (SSSR count). The zero-order chi connectivity index (χ0) is 20.1. The quantitative estimate of drug-likeness (QED) is 0.668. The van der Waals surface area contributed by atoms with Gasteiger partial charge in [0.15, 0.2) is 11.5 Å². The summed E-state index contributed by atoms with van der Waals surface area (Å²) in [7, 11) is 4.70. The van der Waals surface area contributed by atoms with Gasteiger partial charge in [0.05, 0.1) is 33.4 Å². The number of anilines is 1. The molecule has 146 valence electrons. The first-order chi connectivity index (χ1) is 13.5. The number of carbonyl (C=O) groups is 1. The molecule has 0 saturated heterocycles. The topological polar surface area (TPSA) is 82.8 Å². The van der Waals surface area contributed by atoms with Crippen molar-refractivity contribution in [3.8, 4) is 28.7 Å². The fourth-order valence-electron chi connectivity index (χ4n) is 2.74. The van der Waals surface area contributed by atoms with Gasteiger partial charge in [0.2, 0.25) is 11.8 Å². The predicted octanol–water partition coefficient (Wildman–Crippen LogP) is 3.86. The number of hydrogen-bond donors (Lipinski definition) is 1. The van der Waals surface area contributed by atoms with Crippen molar-refractivity contribution in [2.75, 3.05) is 26.6 Å². The number of carbonyl (C=O) groups excluding carboxylic acids is 1. The predicted molar refractivity (Wildman–Crippen MR) is 105 cm³/mol. The van der Waals surface area contributed by atoms with E-state index in [0.717, 1.165) is 5.56 Å². The van der Waals surface area contributed by atoms with Crippen molar-refractivity contribution >= 4 is 11.6 Å². The first kappa shape index (κ1) is 19.3. The minimum atomic E-state index is -0.208. The Labute approximate surface area is 163 Å². The Morgan fingerprint density at radius 1 is 1.04 bits per heavy atom. The van der Waals surface area contributed by atoms with Crippen molar-refractivity contribution < 1.29 is 23.4 Å². The molecule has 28 heavy (non-hydrogen) atoms. The van der Waals surface area contributed by atoms with Crippen molar-refractivity contribution in [1.82, 2.24) is 4.98 Å². The van der Waals surface area contributed by atoms with E-state index in [-0.39, 0.29) is 12.3 Å². The Morgan fingerprint density at radius 3 is 2.54 bits per heavy atom. The van der Waals surface area contributed by atoms with Crippen molar-refractivity contribution in [3.05, 3.63) is 53.9 Å². The summed E-state index contributed by atoms with van der Waals surface area (Å²) in [6, 6.07) is 12.6. The van der Waals surface area contributed by atoms with Gasteiger partial charge in [0.1, 0.15) is 11.5 Å². The van der Waals surface area contributed by atoms with Crippen LogP contribution in [0.2, 0.25) is 0 Å². The van der Waals surface area contributed by atoms with Crippen LogP contribution in [-0.4, -0.2) is 32.2 Å². The molecule has 3 aromatic rings. The molecule has 0 fully saturated rings. The van der Waals surface area contributed by atoms with E-state index in [2.05, 4.69) is 10.3 Å². The molecule has 0 bridgehead atoms. The van der Waals surface area contributed by atoms with Crippen LogP contribution in [-0.2, 0) is 11.2 Å². The normalized spacial score (nSPS) is 10.4. The summed E-state index contributed by atoms with van der Waals surface area (Å²) in [5, 5.41) is 2.83. The van der Waals surface area contributed by atoms with Gasteiger partial charge >= 0.3 is 0 Å². The average molecular weight is 382 g/mol. The summed E-state index contributed by atoms with van der Waals surface area (Å²) in [5.74, 6) is 2.68. The Hall–Kier alpha value is -3.48. The molecule has 0 radical (unpaired) electrons. The third kappa shape index (κ3) is 4.25. The molecule has 7 nitrogen and oxygen atoms in total. The van der Waals surface area contributed by atoms with E-state index >= 15 is 0 Å². The van der Waals surface area contributed by atoms with Gasteiger partial charge in [-0.05, 0) is 37.3 Å². The van der Waals surface area contributed by atoms with Crippen LogP contribution in [0.1, 0.15) is 11.5 Å². The molecule has 0 spiro atoms. The standard InChI is InChI=1S/C21H22N2O5/c1-13-17(23-21(28-13)14-6-5-7-16(10-14)25-2)12-20(24)22-15-8-9-18(26-3)19(11-15)27-4/h5-11H,12H2,1-4H3,(H,22,24). The van der Waals surface area contributed by atoms with Gasteiger partial charge in [-0.15, -0.1) is 0 Å². The Balaban J connectivity index is 1.73. The largest absolute Gasteiger partial charge is 0.497 e. The monoisotopic (exact) mass is 382 g/mol. The lowest BCUT2D eigenvalue weighted by Gasteiger charge is -2.10. The summed E-state index contributed by atoms with van der Waals surface area (Å²) in [4.78, 5) is 16.9. The van der Waals surface area contributed by atoms with E-state index < -0.39 is 0 Å². The molecule has 1 amide bonds. The van der Waals surface area contributed by atoms with Gasteiger partial charge in [-0.25, -0.2) is 4.98 Å². The van der Waals surface area contributed by atoms with Gasteiger partial charge in [-0.1, -0.05) is 6.07 Å². The highest BCUT2D eigenvalue weighted by Crippen LogP contribution is 2.30. The van der Waals surface area contributed by atoms with Gasteiger partial charge in [-0.2, -0.15) is 0 Å². The molecule has 0 unspecified atom stereocenters. The molecule has 7 heteroatoms. The summed E-state index contributed by atoms with van der Waals surface area (Å²) in [6.07, 6.45) is 0.0909. The second-order valence-corrected chi connectivity index (χ2v) is 6.05. The van der Waals surface area contributed by atoms with E-state index in [1.54, 1.807) is 46.5 Å². The molecular weight excluding hydrogens is 360 g/mol. The molecule has 2 aromatic carbocycles. The van der Waals surface area contributed by atoms with Crippen molar-refractivity contribution in [1.29, 1.82) is 0 Å². The molecule has 0 aliphatic carbocycles. The molecule has 1 aromatic heterocycles. The highest BCUT2D eigenvalue weighted by Gasteiger charge is 2.16. The molecule has 0 aliphatic heterocycles. The van der Waals surface area contributed by atoms with Crippen LogP contribution in [0.3, 0.4) is 0 Å². The lowest BCUT2D eigenvalue weighted by molar-refractivity contribution is -0.115. The number of ether oxygens (including phenoxy) is 3. The number of hydrogen-bond acceptors (Lipinski definition) is 6. The van der Waals surface area contributed by atoms with Crippen LogP contribution < -0.4 is 19.5 Å². The third-order valence-corrected chi connectivity index (χ3v) is 4.20. The minimum absolute atomic E-state index is 0.0909. The molecule has 0 saturated carbocycles. The molecule has 0 atom stereocenters. The van der Waals surface area contributed by atoms with Crippen molar-refractivity contribution in [3.63, 3.8) is 0 Å². The van der Waals surface area contributed by atoms with Crippen LogP contribution in [0.4, 0.5) is 5.69 Å². The van der Waals surface area contributed by atoms with E-state index in [0.29, 0.717) is 40.3 Å². The number of benzene rings is 2. The van der Waals surface area contributed by atoms with Crippen molar-refractivity contribution in [2.45, 2.75) is 13.3 Å². The minimum Gasteiger partial charge on any atom is -0.497 e. The van der Waals surface area contributed by atoms with Crippen molar-refractivity contribution in [2.24, 2.45) is 0 Å². The molecule has 0 aliphatic rings. The average Bonchev–Trinajstić information content (AvgIpc) is 3.08. The van der Waals surface area contributed by atoms with E-state index in [9.17, 15) is 4.79 Å². The summed E-state index contributed by atoms with van der Waals surface area (Å²) in [5.41, 5.74) is 1.97. The molecular formula is C21H22N2O5. The second-order valence-electron chi connectivity index (χ2n) is 6.05.